The van der Waals surface area contributed by atoms with Gasteiger partial charge in [0, 0.05) is 17.1 Å². The van der Waals surface area contributed by atoms with E-state index in [1.54, 1.807) is 18.2 Å². The van der Waals surface area contributed by atoms with Gasteiger partial charge < -0.3 is 0 Å². The summed E-state index contributed by atoms with van der Waals surface area (Å²) in [6.07, 6.45) is 1.52. The number of thioether (sulfide) groups is 1. The molecule has 0 atom stereocenters. The second-order valence-electron chi connectivity index (χ2n) is 6.05. The summed E-state index contributed by atoms with van der Waals surface area (Å²) in [6.45, 7) is 0. The van der Waals surface area contributed by atoms with Gasteiger partial charge in [-0.3, -0.25) is 4.79 Å². The topological polar surface area (TPSA) is 41.5 Å². The van der Waals surface area contributed by atoms with Crippen molar-refractivity contribution in [1.29, 1.82) is 0 Å². The highest BCUT2D eigenvalue weighted by Gasteiger charge is 2.04. The van der Waals surface area contributed by atoms with Crippen LogP contribution in [0.15, 0.2) is 77.9 Å². The Morgan fingerprint density at radius 2 is 1.57 bits per heavy atom. The number of hydrogen-bond acceptors (Lipinski definition) is 3. The maximum atomic E-state index is 12.2. The molecule has 0 aliphatic rings. The van der Waals surface area contributed by atoms with Crippen LogP contribution in [0.2, 0.25) is 10.0 Å². The third-order valence-corrected chi connectivity index (χ3v) is 5.73. The summed E-state index contributed by atoms with van der Waals surface area (Å²) in [6, 6.07) is 23.1. The molecule has 6 heteroatoms. The van der Waals surface area contributed by atoms with Crippen LogP contribution in [0, 0.1) is 0 Å². The zero-order valence-corrected chi connectivity index (χ0v) is 17.3. The van der Waals surface area contributed by atoms with Crippen molar-refractivity contribution < 1.29 is 4.79 Å². The highest BCUT2D eigenvalue weighted by molar-refractivity contribution is 7.97. The molecule has 0 radical (unpaired) electrons. The maximum absolute atomic E-state index is 12.2. The van der Waals surface area contributed by atoms with Gasteiger partial charge in [-0.15, -0.1) is 0 Å². The molecule has 1 amide bonds. The number of nitrogens with zero attached hydrogens (tertiary/aromatic N) is 1. The van der Waals surface area contributed by atoms with Gasteiger partial charge in [-0.2, -0.15) is 16.9 Å². The highest BCUT2D eigenvalue weighted by Crippen LogP contribution is 2.22. The SMILES string of the molecule is O=C(NN=Cc1ccc(Cl)c(Cl)c1)c1ccc(CSCc2ccccc2)cc1. The largest absolute Gasteiger partial charge is 0.271 e. The van der Waals surface area contributed by atoms with Gasteiger partial charge in [-0.25, -0.2) is 5.43 Å². The number of carbonyl (C=O) groups excluding carboxylic acids is 1. The minimum absolute atomic E-state index is 0.264. The molecule has 0 aliphatic heterocycles. The van der Waals surface area contributed by atoms with Crippen LogP contribution in [-0.2, 0) is 11.5 Å². The molecule has 1 N–H and O–H groups in total. The molecule has 0 aromatic heterocycles. The third kappa shape index (κ3) is 6.13. The fourth-order valence-corrected chi connectivity index (χ4v) is 3.70. The van der Waals surface area contributed by atoms with Gasteiger partial charge in [0.15, 0.2) is 0 Å². The zero-order chi connectivity index (χ0) is 19.8. The monoisotopic (exact) mass is 428 g/mol. The number of amides is 1. The Kier molecular flexibility index (Phi) is 7.54. The van der Waals surface area contributed by atoms with Crippen molar-refractivity contribution in [2.75, 3.05) is 0 Å². The van der Waals surface area contributed by atoms with E-state index in [4.69, 9.17) is 23.2 Å². The average Bonchev–Trinajstić information content (AvgIpc) is 2.72. The lowest BCUT2D eigenvalue weighted by atomic mass is 10.1. The van der Waals surface area contributed by atoms with Gasteiger partial charge in [-0.05, 0) is 41.0 Å². The maximum Gasteiger partial charge on any atom is 0.271 e. The molecular weight excluding hydrogens is 411 g/mol. The van der Waals surface area contributed by atoms with E-state index in [9.17, 15) is 4.79 Å². The van der Waals surface area contributed by atoms with E-state index in [0.29, 0.717) is 15.6 Å². The first-order valence-corrected chi connectivity index (χ1v) is 10.5. The number of hydrazone groups is 1. The molecule has 3 aromatic rings. The number of halogens is 2. The van der Waals surface area contributed by atoms with Gasteiger partial charge in [0.05, 0.1) is 16.3 Å². The van der Waals surface area contributed by atoms with Gasteiger partial charge in [0.2, 0.25) is 0 Å². The summed E-state index contributed by atoms with van der Waals surface area (Å²) in [7, 11) is 0. The molecule has 3 rings (SSSR count). The molecule has 0 fully saturated rings. The van der Waals surface area contributed by atoms with Crippen molar-refractivity contribution in [2.24, 2.45) is 5.10 Å². The van der Waals surface area contributed by atoms with Crippen LogP contribution in [-0.4, -0.2) is 12.1 Å². The molecule has 0 saturated carbocycles. The van der Waals surface area contributed by atoms with Crippen LogP contribution >= 0.6 is 35.0 Å². The van der Waals surface area contributed by atoms with E-state index >= 15 is 0 Å². The van der Waals surface area contributed by atoms with Crippen molar-refractivity contribution in [2.45, 2.75) is 11.5 Å². The van der Waals surface area contributed by atoms with Gasteiger partial charge in [0.25, 0.3) is 5.91 Å². The first-order valence-electron chi connectivity index (χ1n) is 8.61. The fourth-order valence-electron chi connectivity index (χ4n) is 2.44. The molecule has 0 aliphatic carbocycles. The first kappa shape index (κ1) is 20.5. The van der Waals surface area contributed by atoms with Crippen molar-refractivity contribution in [3.05, 3.63) is 105 Å². The van der Waals surface area contributed by atoms with Crippen molar-refractivity contribution in [1.82, 2.24) is 5.43 Å². The molecule has 0 spiro atoms. The van der Waals surface area contributed by atoms with Crippen LogP contribution in [0.4, 0.5) is 0 Å². The smallest absolute Gasteiger partial charge is 0.267 e. The Morgan fingerprint density at radius 1 is 0.893 bits per heavy atom. The number of hydrogen-bond donors (Lipinski definition) is 1. The number of carbonyl (C=O) groups is 1. The summed E-state index contributed by atoms with van der Waals surface area (Å²) in [5.41, 5.74) is 6.31. The van der Waals surface area contributed by atoms with E-state index in [1.807, 2.05) is 54.2 Å². The molecule has 0 heterocycles. The fraction of sp³-hybridized carbons (Fsp3) is 0.0909. The quantitative estimate of drug-likeness (QED) is 0.359. The molecule has 3 aromatic carbocycles. The number of nitrogens with one attached hydrogen (secondary N) is 1. The number of rotatable bonds is 7. The normalized spacial score (nSPS) is 10.9. The Hall–Kier alpha value is -2.27. The Bertz CT molecular complexity index is 960. The van der Waals surface area contributed by atoms with Crippen LogP contribution in [0.25, 0.3) is 0 Å². The van der Waals surface area contributed by atoms with E-state index < -0.39 is 0 Å². The van der Waals surface area contributed by atoms with Crippen LogP contribution in [0.5, 0.6) is 0 Å². The third-order valence-electron chi connectivity index (χ3n) is 3.92. The van der Waals surface area contributed by atoms with Gasteiger partial charge in [-0.1, -0.05) is 71.7 Å². The summed E-state index contributed by atoms with van der Waals surface area (Å²) < 4.78 is 0. The van der Waals surface area contributed by atoms with Crippen molar-refractivity contribution in [3.63, 3.8) is 0 Å². The summed E-state index contributed by atoms with van der Waals surface area (Å²) in [5, 5.41) is 4.88. The molecule has 3 nitrogen and oxygen atoms in total. The van der Waals surface area contributed by atoms with Crippen molar-refractivity contribution >= 4 is 47.1 Å². The Balaban J connectivity index is 1.49. The predicted molar refractivity (Wildman–Crippen MR) is 119 cm³/mol. The summed E-state index contributed by atoms with van der Waals surface area (Å²) in [5.74, 6) is 1.60. The Morgan fingerprint density at radius 3 is 2.25 bits per heavy atom. The average molecular weight is 429 g/mol. The van der Waals surface area contributed by atoms with E-state index in [-0.39, 0.29) is 5.91 Å². The van der Waals surface area contributed by atoms with Crippen molar-refractivity contribution in [3.8, 4) is 0 Å². The predicted octanol–water partition coefficient (Wildman–Crippen LogP) is 6.19. The van der Waals surface area contributed by atoms with Gasteiger partial charge in [0.1, 0.15) is 0 Å². The molecule has 0 saturated heterocycles. The van der Waals surface area contributed by atoms with Crippen LogP contribution in [0.1, 0.15) is 27.0 Å². The van der Waals surface area contributed by atoms with E-state index in [1.165, 1.54) is 17.3 Å². The molecule has 0 bridgehead atoms. The second-order valence-corrected chi connectivity index (χ2v) is 7.85. The number of benzene rings is 3. The minimum atomic E-state index is -0.264. The molecule has 0 unspecified atom stereocenters. The van der Waals surface area contributed by atoms with Crippen LogP contribution < -0.4 is 5.43 Å². The standard InChI is InChI=1S/C22H18Cl2N2OS/c23-20-11-8-18(12-21(20)24)13-25-26-22(27)19-9-6-17(7-10-19)15-28-14-16-4-2-1-3-5-16/h1-13H,14-15H2,(H,26,27). The van der Waals surface area contributed by atoms with E-state index in [0.717, 1.165) is 17.1 Å². The molecule has 142 valence electrons. The van der Waals surface area contributed by atoms with Gasteiger partial charge >= 0.3 is 0 Å². The zero-order valence-electron chi connectivity index (χ0n) is 14.9. The summed E-state index contributed by atoms with van der Waals surface area (Å²) in [4.78, 5) is 12.2. The lowest BCUT2D eigenvalue weighted by molar-refractivity contribution is 0.0955. The lowest BCUT2D eigenvalue weighted by Gasteiger charge is -2.04. The molecule has 28 heavy (non-hydrogen) atoms. The second kappa shape index (κ2) is 10.3. The van der Waals surface area contributed by atoms with E-state index in [2.05, 4.69) is 22.7 Å². The van der Waals surface area contributed by atoms with Crippen LogP contribution in [0.3, 0.4) is 0 Å². The summed E-state index contributed by atoms with van der Waals surface area (Å²) >= 11 is 13.7. The highest BCUT2D eigenvalue weighted by atomic mass is 35.5. The Labute approximate surface area is 178 Å². The first-order chi connectivity index (χ1) is 13.6. The minimum Gasteiger partial charge on any atom is -0.267 e. The molecular formula is C22H18Cl2N2OS. The lowest BCUT2D eigenvalue weighted by Crippen LogP contribution is -2.17.